The molecular weight excluding hydrogens is 332 g/mol. The fourth-order valence-corrected chi connectivity index (χ4v) is 2.76. The number of methoxy groups -OCH3 is 1. The number of nitrogens with zero attached hydrogens (tertiary/aromatic N) is 3. The van der Waals surface area contributed by atoms with Crippen LogP contribution < -0.4 is 10.1 Å². The standard InChI is InChI=1S/C19H22N4O3/c1-26-17-5-2-15(3-6-17)12-20-16-4-7-18(21-13-16)19(25)23-10-8-22(14-24)9-11-23/h2-7,13-14,20H,8-12H2,1H3. The Kier molecular flexibility index (Phi) is 5.68. The molecule has 2 amide bonds. The van der Waals surface area contributed by atoms with Crippen molar-refractivity contribution in [1.29, 1.82) is 0 Å². The van der Waals surface area contributed by atoms with Crippen molar-refractivity contribution >= 4 is 18.0 Å². The maximum atomic E-state index is 12.5. The fraction of sp³-hybridized carbons (Fsp3) is 0.316. The highest BCUT2D eigenvalue weighted by Gasteiger charge is 2.21. The predicted octanol–water partition coefficient (Wildman–Crippen LogP) is 1.62. The molecule has 0 aliphatic carbocycles. The van der Waals surface area contributed by atoms with Crippen molar-refractivity contribution in [1.82, 2.24) is 14.8 Å². The molecule has 0 spiro atoms. The highest BCUT2D eigenvalue weighted by molar-refractivity contribution is 5.92. The van der Waals surface area contributed by atoms with Crippen molar-refractivity contribution in [3.8, 4) is 5.75 Å². The number of nitrogens with one attached hydrogen (secondary N) is 1. The number of aromatic nitrogens is 1. The van der Waals surface area contributed by atoms with E-state index in [0.29, 0.717) is 38.4 Å². The second-order valence-electron chi connectivity index (χ2n) is 6.07. The lowest BCUT2D eigenvalue weighted by Gasteiger charge is -2.32. The van der Waals surface area contributed by atoms with Crippen LogP contribution in [0.3, 0.4) is 0 Å². The molecule has 0 atom stereocenters. The summed E-state index contributed by atoms with van der Waals surface area (Å²) in [6.07, 6.45) is 2.49. The van der Waals surface area contributed by atoms with Gasteiger partial charge in [-0.3, -0.25) is 9.59 Å². The molecule has 0 unspecified atom stereocenters. The minimum Gasteiger partial charge on any atom is -0.497 e. The van der Waals surface area contributed by atoms with Crippen molar-refractivity contribution in [3.05, 3.63) is 53.9 Å². The normalized spacial score (nSPS) is 14.0. The van der Waals surface area contributed by atoms with Crippen molar-refractivity contribution in [3.63, 3.8) is 0 Å². The molecule has 2 heterocycles. The average molecular weight is 354 g/mol. The molecule has 0 radical (unpaired) electrons. The topological polar surface area (TPSA) is 74.8 Å². The number of pyridine rings is 1. The molecule has 0 bridgehead atoms. The van der Waals surface area contributed by atoms with E-state index in [9.17, 15) is 9.59 Å². The van der Waals surface area contributed by atoms with Gasteiger partial charge in [-0.1, -0.05) is 12.1 Å². The van der Waals surface area contributed by atoms with E-state index in [0.717, 1.165) is 23.4 Å². The minimum absolute atomic E-state index is 0.0998. The van der Waals surface area contributed by atoms with Gasteiger partial charge in [-0.05, 0) is 29.8 Å². The second kappa shape index (κ2) is 8.33. The Hall–Kier alpha value is -3.09. The summed E-state index contributed by atoms with van der Waals surface area (Å²) in [5.41, 5.74) is 2.39. The summed E-state index contributed by atoms with van der Waals surface area (Å²) in [5, 5.41) is 3.28. The first-order valence-electron chi connectivity index (χ1n) is 8.51. The van der Waals surface area contributed by atoms with Crippen molar-refractivity contribution in [2.45, 2.75) is 6.54 Å². The number of ether oxygens (including phenoxy) is 1. The first-order valence-corrected chi connectivity index (χ1v) is 8.51. The molecule has 7 heteroatoms. The van der Waals surface area contributed by atoms with Gasteiger partial charge in [0.25, 0.3) is 5.91 Å². The zero-order valence-electron chi connectivity index (χ0n) is 14.7. The average Bonchev–Trinajstić information content (AvgIpc) is 2.72. The van der Waals surface area contributed by atoms with Crippen molar-refractivity contribution in [2.75, 3.05) is 38.6 Å². The Bertz CT molecular complexity index is 738. The van der Waals surface area contributed by atoms with E-state index in [-0.39, 0.29) is 5.91 Å². The number of carbonyl (C=O) groups excluding carboxylic acids is 2. The van der Waals surface area contributed by atoms with Gasteiger partial charge in [0.2, 0.25) is 6.41 Å². The van der Waals surface area contributed by atoms with E-state index in [1.165, 1.54) is 0 Å². The van der Waals surface area contributed by atoms with Crippen molar-refractivity contribution < 1.29 is 14.3 Å². The van der Waals surface area contributed by atoms with E-state index in [1.54, 1.807) is 29.2 Å². The second-order valence-corrected chi connectivity index (χ2v) is 6.07. The molecule has 1 N–H and O–H groups in total. The zero-order chi connectivity index (χ0) is 18.4. The molecule has 136 valence electrons. The molecule has 1 aromatic heterocycles. The van der Waals surface area contributed by atoms with E-state index in [2.05, 4.69) is 10.3 Å². The van der Waals surface area contributed by atoms with Crippen LogP contribution in [0.1, 0.15) is 16.1 Å². The summed E-state index contributed by atoms with van der Waals surface area (Å²) in [6.45, 7) is 2.87. The minimum atomic E-state index is -0.0998. The van der Waals surface area contributed by atoms with Gasteiger partial charge in [0, 0.05) is 32.7 Å². The summed E-state index contributed by atoms with van der Waals surface area (Å²) in [7, 11) is 1.64. The lowest BCUT2D eigenvalue weighted by atomic mass is 10.2. The Balaban J connectivity index is 1.54. The molecule has 0 saturated carbocycles. The molecule has 1 fully saturated rings. The highest BCUT2D eigenvalue weighted by atomic mass is 16.5. The quantitative estimate of drug-likeness (QED) is 0.798. The lowest BCUT2D eigenvalue weighted by molar-refractivity contribution is -0.119. The molecular formula is C19H22N4O3. The number of carbonyl (C=O) groups is 2. The fourth-order valence-electron chi connectivity index (χ4n) is 2.76. The molecule has 26 heavy (non-hydrogen) atoms. The summed E-state index contributed by atoms with van der Waals surface area (Å²) in [5.74, 6) is 0.726. The largest absolute Gasteiger partial charge is 0.497 e. The summed E-state index contributed by atoms with van der Waals surface area (Å²) < 4.78 is 5.14. The van der Waals surface area contributed by atoms with E-state index in [1.807, 2.05) is 30.3 Å². The summed E-state index contributed by atoms with van der Waals surface area (Å²) >= 11 is 0. The van der Waals surface area contributed by atoms with Crippen LogP contribution in [0.25, 0.3) is 0 Å². The molecule has 1 aromatic carbocycles. The maximum Gasteiger partial charge on any atom is 0.272 e. The van der Waals surface area contributed by atoms with Gasteiger partial charge in [0.05, 0.1) is 19.0 Å². The molecule has 1 aliphatic rings. The van der Waals surface area contributed by atoms with E-state index in [4.69, 9.17) is 4.74 Å². The number of rotatable bonds is 6. The third-order valence-corrected chi connectivity index (χ3v) is 4.39. The predicted molar refractivity (Wildman–Crippen MR) is 98.1 cm³/mol. The van der Waals surface area contributed by atoms with Gasteiger partial charge in [-0.25, -0.2) is 4.98 Å². The van der Waals surface area contributed by atoms with Gasteiger partial charge in [0.1, 0.15) is 11.4 Å². The monoisotopic (exact) mass is 354 g/mol. The van der Waals surface area contributed by atoms with Crippen molar-refractivity contribution in [2.24, 2.45) is 0 Å². The maximum absolute atomic E-state index is 12.5. The molecule has 1 saturated heterocycles. The van der Waals surface area contributed by atoms with Gasteiger partial charge < -0.3 is 19.9 Å². The van der Waals surface area contributed by atoms with Gasteiger partial charge >= 0.3 is 0 Å². The molecule has 1 aliphatic heterocycles. The first kappa shape index (κ1) is 17.7. The zero-order valence-corrected chi connectivity index (χ0v) is 14.7. The van der Waals surface area contributed by atoms with Crippen LogP contribution in [0.2, 0.25) is 0 Å². The number of benzene rings is 1. The third kappa shape index (κ3) is 4.30. The van der Waals surface area contributed by atoms with Gasteiger partial charge in [0.15, 0.2) is 0 Å². The summed E-state index contributed by atoms with van der Waals surface area (Å²) in [4.78, 5) is 30.9. The Morgan fingerprint density at radius 2 is 1.88 bits per heavy atom. The van der Waals surface area contributed by atoms with Crippen LogP contribution in [0.15, 0.2) is 42.6 Å². The van der Waals surface area contributed by atoms with E-state index >= 15 is 0 Å². The number of amides is 2. The van der Waals surface area contributed by atoms with Gasteiger partial charge in [-0.15, -0.1) is 0 Å². The van der Waals surface area contributed by atoms with Crippen LogP contribution in [-0.4, -0.2) is 60.4 Å². The molecule has 7 nitrogen and oxygen atoms in total. The smallest absolute Gasteiger partial charge is 0.272 e. The van der Waals surface area contributed by atoms with Crippen LogP contribution in [0.4, 0.5) is 5.69 Å². The van der Waals surface area contributed by atoms with Crippen LogP contribution in [0.5, 0.6) is 5.75 Å². The Morgan fingerprint density at radius 1 is 1.15 bits per heavy atom. The lowest BCUT2D eigenvalue weighted by Crippen LogP contribution is -2.48. The molecule has 2 aromatic rings. The van der Waals surface area contributed by atoms with Gasteiger partial charge in [-0.2, -0.15) is 0 Å². The number of hydrogen-bond acceptors (Lipinski definition) is 5. The van der Waals surface area contributed by atoms with E-state index < -0.39 is 0 Å². The highest BCUT2D eigenvalue weighted by Crippen LogP contribution is 2.14. The van der Waals surface area contributed by atoms with Crippen LogP contribution in [-0.2, 0) is 11.3 Å². The number of anilines is 1. The third-order valence-electron chi connectivity index (χ3n) is 4.39. The number of hydrogen-bond donors (Lipinski definition) is 1. The van der Waals surface area contributed by atoms with Crippen LogP contribution in [0, 0.1) is 0 Å². The summed E-state index contributed by atoms with van der Waals surface area (Å²) in [6, 6.07) is 11.4. The first-order chi connectivity index (χ1) is 12.7. The SMILES string of the molecule is COc1ccc(CNc2ccc(C(=O)N3CCN(C=O)CC3)nc2)cc1. The molecule has 3 rings (SSSR count). The number of piperazine rings is 1. The Morgan fingerprint density at radius 3 is 2.46 bits per heavy atom. The van der Waals surface area contributed by atoms with Crippen LogP contribution >= 0.6 is 0 Å². The Labute approximate surface area is 152 Å².